The van der Waals surface area contributed by atoms with Gasteiger partial charge in [0.2, 0.25) is 0 Å². The number of azide groups is 1. The Morgan fingerprint density at radius 3 is 2.54 bits per heavy atom. The van der Waals surface area contributed by atoms with Crippen molar-refractivity contribution in [2.24, 2.45) is 5.11 Å². The number of nitrogens with zero attached hydrogens (tertiary/aromatic N) is 5. The van der Waals surface area contributed by atoms with Gasteiger partial charge in [0.25, 0.3) is 0 Å². The van der Waals surface area contributed by atoms with Crippen LogP contribution in [0.25, 0.3) is 16.1 Å². The summed E-state index contributed by atoms with van der Waals surface area (Å²) in [6.07, 6.45) is 0. The summed E-state index contributed by atoms with van der Waals surface area (Å²) in [6.45, 7) is 1.65. The molecule has 0 bridgehead atoms. The number of carbonyl (C=O) groups excluding carboxylic acids is 1. The van der Waals surface area contributed by atoms with Gasteiger partial charge >= 0.3 is 11.9 Å². The molecule has 24 heavy (non-hydrogen) atoms. The van der Waals surface area contributed by atoms with Crippen LogP contribution in [0.4, 0.5) is 5.69 Å². The Morgan fingerprint density at radius 1 is 1.38 bits per heavy atom. The van der Waals surface area contributed by atoms with Crippen molar-refractivity contribution >= 4 is 17.6 Å². The van der Waals surface area contributed by atoms with E-state index in [4.69, 9.17) is 15.0 Å². The van der Waals surface area contributed by atoms with Crippen molar-refractivity contribution < 1.29 is 24.2 Å². The quantitative estimate of drug-likeness (QED) is 0.373. The molecular weight excluding hydrogens is 318 g/mol. The summed E-state index contributed by atoms with van der Waals surface area (Å²) in [4.78, 5) is 26.1. The normalized spacial score (nSPS) is 9.92. The first kappa shape index (κ1) is 16.8. The maximum atomic E-state index is 12.0. The van der Waals surface area contributed by atoms with Crippen LogP contribution in [-0.2, 0) is 4.74 Å². The molecule has 0 fully saturated rings. The second-order valence-corrected chi connectivity index (χ2v) is 4.37. The number of esters is 1. The fourth-order valence-corrected chi connectivity index (χ4v) is 1.99. The summed E-state index contributed by atoms with van der Waals surface area (Å²) < 4.78 is 10.9. The lowest BCUT2D eigenvalue weighted by Gasteiger charge is -2.06. The summed E-state index contributed by atoms with van der Waals surface area (Å²) in [5.74, 6) is -1.73. The van der Waals surface area contributed by atoms with Crippen molar-refractivity contribution in [2.75, 3.05) is 13.7 Å². The summed E-state index contributed by atoms with van der Waals surface area (Å²) >= 11 is 0. The first-order chi connectivity index (χ1) is 11.5. The number of aromatic nitrogens is 2. The predicted octanol–water partition coefficient (Wildman–Crippen LogP) is 2.70. The standard InChI is InChI=1S/C14H13N5O5/c1-3-24-14(22)11-10(16-18-15)12(13(20)21)19(17-11)8-4-6-9(23-2)7-5-8/h4-7H,3H2,1-2H3,(H,20,21). The molecule has 0 amide bonds. The van der Waals surface area contributed by atoms with Crippen molar-refractivity contribution in [3.63, 3.8) is 0 Å². The average Bonchev–Trinajstić information content (AvgIpc) is 2.95. The van der Waals surface area contributed by atoms with Gasteiger partial charge in [0.15, 0.2) is 11.4 Å². The van der Waals surface area contributed by atoms with Crippen molar-refractivity contribution in [3.05, 3.63) is 46.1 Å². The molecule has 1 aromatic carbocycles. The van der Waals surface area contributed by atoms with Gasteiger partial charge in [0.05, 0.1) is 19.4 Å². The highest BCUT2D eigenvalue weighted by Gasteiger charge is 2.28. The van der Waals surface area contributed by atoms with E-state index < -0.39 is 23.3 Å². The third-order valence-electron chi connectivity index (χ3n) is 2.99. The van der Waals surface area contributed by atoms with Crippen molar-refractivity contribution in [1.82, 2.24) is 9.78 Å². The molecule has 1 N–H and O–H groups in total. The zero-order valence-electron chi connectivity index (χ0n) is 12.8. The number of hydrogen-bond acceptors (Lipinski definition) is 6. The second-order valence-electron chi connectivity index (χ2n) is 4.37. The lowest BCUT2D eigenvalue weighted by molar-refractivity contribution is 0.0519. The van der Waals surface area contributed by atoms with Crippen LogP contribution in [0.1, 0.15) is 27.9 Å². The highest BCUT2D eigenvalue weighted by atomic mass is 16.5. The Balaban J connectivity index is 2.69. The van der Waals surface area contributed by atoms with Crippen LogP contribution in [0.3, 0.4) is 0 Å². The molecule has 0 radical (unpaired) electrons. The van der Waals surface area contributed by atoms with E-state index in [2.05, 4.69) is 15.1 Å². The molecule has 0 atom stereocenters. The molecule has 10 nitrogen and oxygen atoms in total. The number of carbonyl (C=O) groups is 2. The second kappa shape index (κ2) is 7.16. The van der Waals surface area contributed by atoms with Crippen LogP contribution in [0.5, 0.6) is 5.75 Å². The highest BCUT2D eigenvalue weighted by Crippen LogP contribution is 2.28. The number of carboxylic acid groups (broad SMARTS) is 1. The van der Waals surface area contributed by atoms with Gasteiger partial charge in [-0.25, -0.2) is 14.3 Å². The van der Waals surface area contributed by atoms with Gasteiger partial charge in [0.1, 0.15) is 11.4 Å². The highest BCUT2D eigenvalue weighted by molar-refractivity contribution is 6.01. The molecule has 0 saturated heterocycles. The lowest BCUT2D eigenvalue weighted by Crippen LogP contribution is -2.09. The topological polar surface area (TPSA) is 139 Å². The van der Waals surface area contributed by atoms with Gasteiger partial charge in [-0.3, -0.25) is 0 Å². The molecule has 1 heterocycles. The molecule has 0 aliphatic heterocycles. The number of methoxy groups -OCH3 is 1. The van der Waals surface area contributed by atoms with Crippen LogP contribution in [0.15, 0.2) is 29.4 Å². The van der Waals surface area contributed by atoms with E-state index >= 15 is 0 Å². The SMILES string of the molecule is CCOC(=O)c1nn(-c2ccc(OC)cc2)c(C(=O)O)c1N=[N+]=[N-]. The zero-order chi connectivity index (χ0) is 17.7. The van der Waals surface area contributed by atoms with Crippen molar-refractivity contribution in [1.29, 1.82) is 0 Å². The molecule has 0 aliphatic carbocycles. The molecule has 10 heteroatoms. The van der Waals surface area contributed by atoms with E-state index in [0.717, 1.165) is 4.68 Å². The fraction of sp³-hybridized carbons (Fsp3) is 0.214. The molecule has 2 rings (SSSR count). The van der Waals surface area contributed by atoms with Crippen molar-refractivity contribution in [2.45, 2.75) is 6.92 Å². The van der Waals surface area contributed by atoms with E-state index in [1.165, 1.54) is 7.11 Å². The molecule has 0 unspecified atom stereocenters. The molecule has 0 aliphatic rings. The Kier molecular flexibility index (Phi) is 5.03. The summed E-state index contributed by atoms with van der Waals surface area (Å²) in [5, 5.41) is 16.7. The zero-order valence-corrected chi connectivity index (χ0v) is 12.8. The van der Waals surface area contributed by atoms with Crippen LogP contribution in [0.2, 0.25) is 0 Å². The Bertz CT molecular complexity index is 821. The molecule has 124 valence electrons. The minimum Gasteiger partial charge on any atom is -0.497 e. The molecule has 1 aromatic heterocycles. The first-order valence-electron chi connectivity index (χ1n) is 6.76. The molecule has 0 saturated carbocycles. The predicted molar refractivity (Wildman–Crippen MR) is 81.8 cm³/mol. The van der Waals surface area contributed by atoms with Gasteiger partial charge < -0.3 is 14.6 Å². The maximum absolute atomic E-state index is 12.0. The number of hydrogen-bond donors (Lipinski definition) is 1. The summed E-state index contributed by atoms with van der Waals surface area (Å²) in [6, 6.07) is 6.29. The molecule has 2 aromatic rings. The number of carboxylic acids is 1. The van der Waals surface area contributed by atoms with Crippen LogP contribution in [-0.4, -0.2) is 40.5 Å². The molecular formula is C14H13N5O5. The summed E-state index contributed by atoms with van der Waals surface area (Å²) in [5.41, 5.74) is 7.80. The van der Waals surface area contributed by atoms with Gasteiger partial charge in [-0.1, -0.05) is 5.11 Å². The smallest absolute Gasteiger partial charge is 0.359 e. The monoisotopic (exact) mass is 331 g/mol. The minimum absolute atomic E-state index is 0.0618. The Hall–Kier alpha value is -3.52. The van der Waals surface area contributed by atoms with Crippen LogP contribution in [0, 0.1) is 0 Å². The van der Waals surface area contributed by atoms with Crippen LogP contribution < -0.4 is 4.74 Å². The average molecular weight is 331 g/mol. The maximum Gasteiger partial charge on any atom is 0.359 e. The largest absolute Gasteiger partial charge is 0.497 e. The number of aromatic carboxylic acids is 1. The third kappa shape index (κ3) is 3.13. The Morgan fingerprint density at radius 2 is 2.04 bits per heavy atom. The Labute approximate surface area is 135 Å². The van der Waals surface area contributed by atoms with Gasteiger partial charge in [-0.2, -0.15) is 5.10 Å². The third-order valence-corrected chi connectivity index (χ3v) is 2.99. The molecule has 0 spiro atoms. The number of ether oxygens (including phenoxy) is 2. The number of rotatable bonds is 6. The van der Waals surface area contributed by atoms with E-state index in [-0.39, 0.29) is 12.3 Å². The van der Waals surface area contributed by atoms with Gasteiger partial charge in [0, 0.05) is 4.91 Å². The van der Waals surface area contributed by atoms with Gasteiger partial charge in [-0.05, 0) is 36.7 Å². The first-order valence-corrected chi connectivity index (χ1v) is 6.76. The summed E-state index contributed by atoms with van der Waals surface area (Å²) in [7, 11) is 1.49. The minimum atomic E-state index is -1.41. The van der Waals surface area contributed by atoms with E-state index in [1.54, 1.807) is 31.2 Å². The fourth-order valence-electron chi connectivity index (χ4n) is 1.99. The van der Waals surface area contributed by atoms with E-state index in [1.807, 2.05) is 0 Å². The lowest BCUT2D eigenvalue weighted by atomic mass is 10.2. The van der Waals surface area contributed by atoms with E-state index in [9.17, 15) is 14.7 Å². The van der Waals surface area contributed by atoms with Crippen LogP contribution >= 0.6 is 0 Å². The number of benzene rings is 1. The van der Waals surface area contributed by atoms with Gasteiger partial charge in [-0.15, -0.1) is 0 Å². The van der Waals surface area contributed by atoms with E-state index in [0.29, 0.717) is 11.4 Å². The van der Waals surface area contributed by atoms with Crippen molar-refractivity contribution in [3.8, 4) is 11.4 Å².